The minimum Gasteiger partial charge on any atom is -0.493 e. The Morgan fingerprint density at radius 1 is 1.00 bits per heavy atom. The highest BCUT2D eigenvalue weighted by Gasteiger charge is 2.21. The summed E-state index contributed by atoms with van der Waals surface area (Å²) in [4.78, 5) is 4.22. The highest BCUT2D eigenvalue weighted by atomic mass is 19.1. The number of rotatable bonds is 7. The Bertz CT molecular complexity index is 705. The van der Waals surface area contributed by atoms with E-state index in [0.29, 0.717) is 23.7 Å². The third-order valence-corrected chi connectivity index (χ3v) is 4.53. The number of nitrogens with zero attached hydrogens (tertiary/aromatic N) is 2. The van der Waals surface area contributed by atoms with Crippen LogP contribution in [0, 0.1) is 5.82 Å². The lowest BCUT2D eigenvalue weighted by Gasteiger charge is -2.36. The van der Waals surface area contributed by atoms with Crippen molar-refractivity contribution in [3.8, 4) is 11.5 Å². The molecule has 0 bridgehead atoms. The summed E-state index contributed by atoms with van der Waals surface area (Å²) in [6.07, 6.45) is -0.597. The Kier molecular flexibility index (Phi) is 6.30. The second-order valence-electron chi connectivity index (χ2n) is 6.35. The first-order chi connectivity index (χ1) is 12.7. The Balaban J connectivity index is 1.45. The molecule has 0 aromatic heterocycles. The van der Waals surface area contributed by atoms with Gasteiger partial charge in [0.2, 0.25) is 0 Å². The first-order valence-corrected chi connectivity index (χ1v) is 8.83. The van der Waals surface area contributed by atoms with Crippen molar-refractivity contribution in [1.29, 1.82) is 0 Å². The van der Waals surface area contributed by atoms with Crippen LogP contribution in [0.4, 0.5) is 10.1 Å². The van der Waals surface area contributed by atoms with Crippen LogP contribution >= 0.6 is 0 Å². The lowest BCUT2D eigenvalue weighted by molar-refractivity contribution is 0.0653. The van der Waals surface area contributed by atoms with Crippen molar-refractivity contribution >= 4 is 5.69 Å². The third kappa shape index (κ3) is 4.65. The van der Waals surface area contributed by atoms with Crippen LogP contribution in [-0.2, 0) is 0 Å². The van der Waals surface area contributed by atoms with E-state index in [4.69, 9.17) is 9.47 Å². The molecule has 0 radical (unpaired) electrons. The smallest absolute Gasteiger partial charge is 0.161 e. The summed E-state index contributed by atoms with van der Waals surface area (Å²) < 4.78 is 24.8. The van der Waals surface area contributed by atoms with Crippen molar-refractivity contribution in [3.63, 3.8) is 0 Å². The number of β-amino-alcohol motifs (C(OH)–C–C–N with tert-alkyl or cyclic N) is 1. The summed E-state index contributed by atoms with van der Waals surface area (Å²) in [5.74, 6) is 1.09. The van der Waals surface area contributed by atoms with Gasteiger partial charge in [0.1, 0.15) is 18.5 Å². The maximum absolute atomic E-state index is 13.9. The van der Waals surface area contributed by atoms with Crippen LogP contribution in [-0.4, -0.2) is 62.6 Å². The monoisotopic (exact) mass is 360 g/mol. The van der Waals surface area contributed by atoms with E-state index in [0.717, 1.165) is 26.2 Å². The predicted octanol–water partition coefficient (Wildman–Crippen LogP) is 2.40. The van der Waals surface area contributed by atoms with E-state index in [9.17, 15) is 9.50 Å². The normalized spacial score (nSPS) is 16.3. The van der Waals surface area contributed by atoms with Gasteiger partial charge in [-0.25, -0.2) is 4.39 Å². The van der Waals surface area contributed by atoms with Crippen molar-refractivity contribution in [2.45, 2.75) is 6.10 Å². The Morgan fingerprint density at radius 3 is 2.35 bits per heavy atom. The predicted molar refractivity (Wildman–Crippen MR) is 99.5 cm³/mol. The second-order valence-corrected chi connectivity index (χ2v) is 6.35. The standard InChI is InChI=1S/C20H25FN2O3/c1-25-19-8-4-5-9-20(19)26-15-16(24)14-22-10-12-23(13-11-22)18-7-3-2-6-17(18)21/h2-9,16,24H,10-15H2,1H3. The van der Waals surface area contributed by atoms with Crippen molar-refractivity contribution < 1.29 is 19.0 Å². The number of para-hydroxylation sites is 3. The van der Waals surface area contributed by atoms with E-state index in [1.54, 1.807) is 19.2 Å². The average Bonchev–Trinajstić information content (AvgIpc) is 2.68. The largest absolute Gasteiger partial charge is 0.493 e. The van der Waals surface area contributed by atoms with Gasteiger partial charge in [-0.3, -0.25) is 4.90 Å². The zero-order valence-electron chi connectivity index (χ0n) is 15.0. The minimum atomic E-state index is -0.597. The quantitative estimate of drug-likeness (QED) is 0.822. The molecular weight excluding hydrogens is 335 g/mol. The van der Waals surface area contributed by atoms with Gasteiger partial charge in [-0.2, -0.15) is 0 Å². The van der Waals surface area contributed by atoms with E-state index >= 15 is 0 Å². The van der Waals surface area contributed by atoms with Crippen molar-refractivity contribution in [2.24, 2.45) is 0 Å². The topological polar surface area (TPSA) is 45.2 Å². The van der Waals surface area contributed by atoms with Gasteiger partial charge in [0.15, 0.2) is 11.5 Å². The van der Waals surface area contributed by atoms with Crippen LogP contribution in [0.25, 0.3) is 0 Å². The SMILES string of the molecule is COc1ccccc1OCC(O)CN1CCN(c2ccccc2F)CC1. The lowest BCUT2D eigenvalue weighted by atomic mass is 10.2. The molecule has 26 heavy (non-hydrogen) atoms. The molecule has 1 fully saturated rings. The van der Waals surface area contributed by atoms with Crippen molar-refractivity contribution in [3.05, 3.63) is 54.3 Å². The van der Waals surface area contributed by atoms with Crippen LogP contribution in [0.15, 0.2) is 48.5 Å². The lowest BCUT2D eigenvalue weighted by Crippen LogP contribution is -2.49. The Morgan fingerprint density at radius 2 is 1.65 bits per heavy atom. The van der Waals surface area contributed by atoms with Gasteiger partial charge in [0.05, 0.1) is 12.8 Å². The van der Waals surface area contributed by atoms with Crippen LogP contribution in [0.3, 0.4) is 0 Å². The average molecular weight is 360 g/mol. The molecule has 5 nitrogen and oxygen atoms in total. The van der Waals surface area contributed by atoms with E-state index < -0.39 is 6.10 Å². The summed E-state index contributed by atoms with van der Waals surface area (Å²) in [5, 5.41) is 10.3. The molecule has 6 heteroatoms. The number of hydrogen-bond acceptors (Lipinski definition) is 5. The molecule has 1 heterocycles. The summed E-state index contributed by atoms with van der Waals surface area (Å²) in [7, 11) is 1.59. The number of ether oxygens (including phenoxy) is 2. The van der Waals surface area contributed by atoms with Crippen molar-refractivity contribution in [1.82, 2.24) is 4.90 Å². The van der Waals surface area contributed by atoms with Gasteiger partial charge in [0.25, 0.3) is 0 Å². The molecule has 1 saturated heterocycles. The molecule has 1 N–H and O–H groups in total. The van der Waals surface area contributed by atoms with Gasteiger partial charge in [0, 0.05) is 32.7 Å². The molecule has 2 aromatic rings. The number of halogens is 1. The molecule has 1 aliphatic rings. The van der Waals surface area contributed by atoms with E-state index in [1.165, 1.54) is 6.07 Å². The zero-order chi connectivity index (χ0) is 18.4. The molecule has 140 valence electrons. The second kappa shape index (κ2) is 8.87. The maximum atomic E-state index is 13.9. The number of methoxy groups -OCH3 is 1. The molecule has 1 unspecified atom stereocenters. The van der Waals surface area contributed by atoms with Gasteiger partial charge in [-0.1, -0.05) is 24.3 Å². The molecule has 1 aliphatic heterocycles. The first kappa shape index (κ1) is 18.5. The van der Waals surface area contributed by atoms with Crippen LogP contribution in [0.2, 0.25) is 0 Å². The number of piperazine rings is 1. The third-order valence-electron chi connectivity index (χ3n) is 4.53. The van der Waals surface area contributed by atoms with Gasteiger partial charge in [-0.15, -0.1) is 0 Å². The molecule has 1 atom stereocenters. The van der Waals surface area contributed by atoms with Gasteiger partial charge < -0.3 is 19.5 Å². The highest BCUT2D eigenvalue weighted by molar-refractivity contribution is 5.48. The number of aliphatic hydroxyl groups excluding tert-OH is 1. The fourth-order valence-electron chi connectivity index (χ4n) is 3.15. The molecule has 0 saturated carbocycles. The molecule has 0 spiro atoms. The van der Waals surface area contributed by atoms with E-state index in [1.807, 2.05) is 35.2 Å². The number of aliphatic hydroxyl groups is 1. The van der Waals surface area contributed by atoms with E-state index in [-0.39, 0.29) is 12.4 Å². The summed E-state index contributed by atoms with van der Waals surface area (Å²) in [6, 6.07) is 14.2. The van der Waals surface area contributed by atoms with Crippen LogP contribution in [0.5, 0.6) is 11.5 Å². The zero-order valence-corrected chi connectivity index (χ0v) is 15.0. The fourth-order valence-corrected chi connectivity index (χ4v) is 3.15. The molecule has 2 aromatic carbocycles. The summed E-state index contributed by atoms with van der Waals surface area (Å²) >= 11 is 0. The highest BCUT2D eigenvalue weighted by Crippen LogP contribution is 2.26. The molecular formula is C20H25FN2O3. The van der Waals surface area contributed by atoms with Crippen molar-refractivity contribution in [2.75, 3.05) is 51.3 Å². The number of benzene rings is 2. The van der Waals surface area contributed by atoms with Crippen LogP contribution in [0.1, 0.15) is 0 Å². The van der Waals surface area contributed by atoms with Crippen LogP contribution < -0.4 is 14.4 Å². The maximum Gasteiger partial charge on any atom is 0.161 e. The summed E-state index contributed by atoms with van der Waals surface area (Å²) in [5.41, 5.74) is 0.646. The number of hydrogen-bond donors (Lipinski definition) is 1. The minimum absolute atomic E-state index is 0.189. The van der Waals surface area contributed by atoms with Gasteiger partial charge in [-0.05, 0) is 24.3 Å². The summed E-state index contributed by atoms with van der Waals surface area (Å²) in [6.45, 7) is 3.76. The first-order valence-electron chi connectivity index (χ1n) is 8.83. The Labute approximate surface area is 153 Å². The fraction of sp³-hybridized carbons (Fsp3) is 0.400. The molecule has 0 amide bonds. The Hall–Kier alpha value is -2.31. The molecule has 0 aliphatic carbocycles. The van der Waals surface area contributed by atoms with Gasteiger partial charge >= 0.3 is 0 Å². The molecule has 3 rings (SSSR count). The van der Waals surface area contributed by atoms with E-state index in [2.05, 4.69) is 4.90 Å². The number of anilines is 1.